The number of methoxy groups -OCH3 is 1. The quantitative estimate of drug-likeness (QED) is 0.602. The molecule has 0 aliphatic heterocycles. The summed E-state index contributed by atoms with van der Waals surface area (Å²) in [7, 11) is 1.61. The smallest absolute Gasteiger partial charge is 0.323 e. The summed E-state index contributed by atoms with van der Waals surface area (Å²) in [6.07, 6.45) is 0. The van der Waals surface area contributed by atoms with Crippen molar-refractivity contribution in [3.63, 3.8) is 0 Å². The van der Waals surface area contributed by atoms with Crippen LogP contribution in [0.15, 0.2) is 78.9 Å². The molecule has 6 nitrogen and oxygen atoms in total. The summed E-state index contributed by atoms with van der Waals surface area (Å²) in [4.78, 5) is 24.3. The molecule has 0 atom stereocenters. The Kier molecular flexibility index (Phi) is 6.25. The number of nitrogens with one attached hydrogen (secondary N) is 3. The Morgan fingerprint density at radius 2 is 1.39 bits per heavy atom. The minimum absolute atomic E-state index is 0.184. The molecule has 0 heterocycles. The molecule has 0 fully saturated rings. The number of hydrogen-bond donors (Lipinski definition) is 3. The third-order valence-electron chi connectivity index (χ3n) is 4.05. The van der Waals surface area contributed by atoms with E-state index in [1.807, 2.05) is 42.5 Å². The van der Waals surface area contributed by atoms with Gasteiger partial charge < -0.3 is 20.7 Å². The van der Waals surface area contributed by atoms with Gasteiger partial charge >= 0.3 is 6.03 Å². The van der Waals surface area contributed by atoms with Crippen LogP contribution in [0, 0.1) is 0 Å². The summed E-state index contributed by atoms with van der Waals surface area (Å²) in [6, 6.07) is 23.0. The first-order valence-corrected chi connectivity index (χ1v) is 8.78. The van der Waals surface area contributed by atoms with Crippen molar-refractivity contribution in [2.45, 2.75) is 6.54 Å². The predicted octanol–water partition coefficient (Wildman–Crippen LogP) is 4.27. The number of amides is 3. The lowest BCUT2D eigenvalue weighted by Crippen LogP contribution is -2.23. The highest BCUT2D eigenvalue weighted by Gasteiger charge is 2.07. The van der Waals surface area contributed by atoms with E-state index in [1.54, 1.807) is 43.5 Å². The topological polar surface area (TPSA) is 79.5 Å². The maximum Gasteiger partial charge on any atom is 0.323 e. The van der Waals surface area contributed by atoms with E-state index in [2.05, 4.69) is 16.0 Å². The lowest BCUT2D eigenvalue weighted by molar-refractivity contribution is 0.0951. The Hall–Kier alpha value is -3.80. The van der Waals surface area contributed by atoms with Crippen LogP contribution >= 0.6 is 0 Å². The van der Waals surface area contributed by atoms with Crippen LogP contribution in [-0.2, 0) is 6.54 Å². The first-order valence-electron chi connectivity index (χ1n) is 8.78. The minimum Gasteiger partial charge on any atom is -0.497 e. The van der Waals surface area contributed by atoms with Gasteiger partial charge in [0, 0.05) is 23.5 Å². The Morgan fingerprint density at radius 1 is 0.786 bits per heavy atom. The van der Waals surface area contributed by atoms with Gasteiger partial charge in [-0.2, -0.15) is 0 Å². The summed E-state index contributed by atoms with van der Waals surface area (Å²) in [5, 5.41) is 8.33. The van der Waals surface area contributed by atoms with E-state index in [1.165, 1.54) is 0 Å². The molecule has 3 aromatic carbocycles. The fourth-order valence-corrected chi connectivity index (χ4v) is 2.55. The molecule has 6 heteroatoms. The average molecular weight is 375 g/mol. The number of rotatable bonds is 6. The second kappa shape index (κ2) is 9.23. The summed E-state index contributed by atoms with van der Waals surface area (Å²) in [5.41, 5.74) is 2.79. The molecule has 0 saturated carbocycles. The van der Waals surface area contributed by atoms with E-state index >= 15 is 0 Å². The largest absolute Gasteiger partial charge is 0.497 e. The zero-order valence-electron chi connectivity index (χ0n) is 15.4. The van der Waals surface area contributed by atoms with E-state index in [0.29, 0.717) is 23.5 Å². The molecule has 0 spiro atoms. The summed E-state index contributed by atoms with van der Waals surface area (Å²) in [6.45, 7) is 0.419. The number of carbonyl (C=O) groups excluding carboxylic acids is 2. The highest BCUT2D eigenvalue weighted by atomic mass is 16.5. The standard InChI is InChI=1S/C22H21N3O3/c1-28-20-13-7-16(8-14-20)15-23-21(26)17-9-11-19(12-10-17)25-22(27)24-18-5-3-2-4-6-18/h2-14H,15H2,1H3,(H,23,26)(H2,24,25,27). The second-order valence-electron chi connectivity index (χ2n) is 6.05. The molecule has 0 radical (unpaired) electrons. The third-order valence-corrected chi connectivity index (χ3v) is 4.05. The number of anilines is 2. The first kappa shape index (κ1) is 19.0. The lowest BCUT2D eigenvalue weighted by Gasteiger charge is -2.09. The fourth-order valence-electron chi connectivity index (χ4n) is 2.55. The molecular weight excluding hydrogens is 354 g/mol. The Bertz CT molecular complexity index is 924. The SMILES string of the molecule is COc1ccc(CNC(=O)c2ccc(NC(=O)Nc3ccccc3)cc2)cc1. The maximum atomic E-state index is 12.3. The first-order chi connectivity index (χ1) is 13.6. The number of urea groups is 1. The molecule has 0 bridgehead atoms. The number of benzene rings is 3. The number of carbonyl (C=O) groups is 2. The van der Waals surface area contributed by atoms with Crippen LogP contribution in [0.2, 0.25) is 0 Å². The van der Waals surface area contributed by atoms with Crippen LogP contribution in [0.3, 0.4) is 0 Å². The minimum atomic E-state index is -0.345. The molecule has 0 saturated heterocycles. The van der Waals surface area contributed by atoms with Gasteiger partial charge in [0.1, 0.15) is 5.75 Å². The van der Waals surface area contributed by atoms with Gasteiger partial charge in [-0.1, -0.05) is 30.3 Å². The van der Waals surface area contributed by atoms with Crippen LogP contribution in [0.5, 0.6) is 5.75 Å². The Morgan fingerprint density at radius 3 is 2.00 bits per heavy atom. The van der Waals surface area contributed by atoms with Crippen molar-refractivity contribution >= 4 is 23.3 Å². The molecular formula is C22H21N3O3. The zero-order chi connectivity index (χ0) is 19.8. The normalized spacial score (nSPS) is 10.0. The highest BCUT2D eigenvalue weighted by molar-refractivity contribution is 6.00. The van der Waals surface area contributed by atoms with E-state index in [0.717, 1.165) is 11.3 Å². The van der Waals surface area contributed by atoms with Gasteiger partial charge in [-0.15, -0.1) is 0 Å². The van der Waals surface area contributed by atoms with Crippen molar-refractivity contribution < 1.29 is 14.3 Å². The van der Waals surface area contributed by atoms with E-state index in [-0.39, 0.29) is 11.9 Å². The van der Waals surface area contributed by atoms with Crippen LogP contribution in [0.1, 0.15) is 15.9 Å². The molecule has 0 aromatic heterocycles. The van der Waals surface area contributed by atoms with Crippen LogP contribution in [-0.4, -0.2) is 19.0 Å². The van der Waals surface area contributed by atoms with Crippen LogP contribution in [0.4, 0.5) is 16.2 Å². The van der Waals surface area contributed by atoms with Crippen molar-refractivity contribution in [2.24, 2.45) is 0 Å². The molecule has 3 aromatic rings. The molecule has 0 aliphatic carbocycles. The van der Waals surface area contributed by atoms with Gasteiger partial charge in [0.2, 0.25) is 0 Å². The molecule has 3 rings (SSSR count). The maximum absolute atomic E-state index is 12.3. The van der Waals surface area contributed by atoms with E-state index in [4.69, 9.17) is 4.74 Å². The number of hydrogen-bond acceptors (Lipinski definition) is 3. The fraction of sp³-hybridized carbons (Fsp3) is 0.0909. The molecule has 0 unspecified atom stereocenters. The van der Waals surface area contributed by atoms with E-state index in [9.17, 15) is 9.59 Å². The lowest BCUT2D eigenvalue weighted by atomic mass is 10.1. The van der Waals surface area contributed by atoms with Crippen molar-refractivity contribution in [3.05, 3.63) is 90.0 Å². The Labute approximate surface area is 163 Å². The van der Waals surface area contributed by atoms with Gasteiger partial charge in [-0.05, 0) is 54.1 Å². The van der Waals surface area contributed by atoms with Crippen molar-refractivity contribution in [3.8, 4) is 5.75 Å². The zero-order valence-corrected chi connectivity index (χ0v) is 15.4. The summed E-state index contributed by atoms with van der Waals surface area (Å²) in [5.74, 6) is 0.588. The van der Waals surface area contributed by atoms with Crippen LogP contribution in [0.25, 0.3) is 0 Å². The Balaban J connectivity index is 1.51. The van der Waals surface area contributed by atoms with Gasteiger partial charge in [-0.25, -0.2) is 4.79 Å². The predicted molar refractivity (Wildman–Crippen MR) is 110 cm³/mol. The van der Waals surface area contributed by atoms with E-state index < -0.39 is 0 Å². The van der Waals surface area contributed by atoms with Crippen molar-refractivity contribution in [1.82, 2.24) is 5.32 Å². The van der Waals surface area contributed by atoms with Gasteiger partial charge in [0.05, 0.1) is 7.11 Å². The third kappa shape index (κ3) is 5.35. The molecule has 3 amide bonds. The van der Waals surface area contributed by atoms with Crippen molar-refractivity contribution in [1.29, 1.82) is 0 Å². The molecule has 28 heavy (non-hydrogen) atoms. The number of para-hydroxylation sites is 1. The van der Waals surface area contributed by atoms with Crippen molar-refractivity contribution in [2.75, 3.05) is 17.7 Å². The summed E-state index contributed by atoms with van der Waals surface area (Å²) >= 11 is 0. The molecule has 3 N–H and O–H groups in total. The van der Waals surface area contributed by atoms with Gasteiger partial charge in [-0.3, -0.25) is 4.79 Å². The second-order valence-corrected chi connectivity index (χ2v) is 6.05. The van der Waals surface area contributed by atoms with Gasteiger partial charge in [0.15, 0.2) is 0 Å². The van der Waals surface area contributed by atoms with Gasteiger partial charge in [0.25, 0.3) is 5.91 Å². The summed E-state index contributed by atoms with van der Waals surface area (Å²) < 4.78 is 5.11. The molecule has 142 valence electrons. The number of ether oxygens (including phenoxy) is 1. The molecule has 0 aliphatic rings. The highest BCUT2D eigenvalue weighted by Crippen LogP contribution is 2.13. The van der Waals surface area contributed by atoms with Crippen LogP contribution < -0.4 is 20.7 Å². The average Bonchev–Trinajstić information content (AvgIpc) is 2.73. The monoisotopic (exact) mass is 375 g/mol.